The maximum Gasteiger partial charge on any atom is 0.321 e. The second kappa shape index (κ2) is 10.7. The molecule has 198 valence electrons. The van der Waals surface area contributed by atoms with Crippen molar-refractivity contribution in [2.45, 2.75) is 33.1 Å². The van der Waals surface area contributed by atoms with Crippen LogP contribution in [0, 0.1) is 6.92 Å². The van der Waals surface area contributed by atoms with Gasteiger partial charge in [-0.25, -0.2) is 9.78 Å². The van der Waals surface area contributed by atoms with Gasteiger partial charge in [-0.05, 0) is 48.7 Å². The van der Waals surface area contributed by atoms with Gasteiger partial charge in [-0.15, -0.1) is 0 Å². The van der Waals surface area contributed by atoms with E-state index in [1.54, 1.807) is 0 Å². The van der Waals surface area contributed by atoms with Crippen molar-refractivity contribution < 1.29 is 9.32 Å². The zero-order chi connectivity index (χ0) is 26.8. The minimum absolute atomic E-state index is 0.0814. The summed E-state index contributed by atoms with van der Waals surface area (Å²) in [5.74, 6) is 1.58. The van der Waals surface area contributed by atoms with Crippen LogP contribution in [0.1, 0.15) is 31.2 Å². The summed E-state index contributed by atoms with van der Waals surface area (Å²) < 4.78 is 5.80. The van der Waals surface area contributed by atoms with Crippen molar-refractivity contribution in [3.63, 3.8) is 0 Å². The largest absolute Gasteiger partial charge is 0.354 e. The smallest absolute Gasteiger partial charge is 0.321 e. The van der Waals surface area contributed by atoms with E-state index in [-0.39, 0.29) is 6.03 Å². The number of amides is 2. The highest BCUT2D eigenvalue weighted by atomic mass is 16.5. The highest BCUT2D eigenvalue weighted by molar-refractivity contribution is 6.00. The van der Waals surface area contributed by atoms with Crippen LogP contribution in [-0.2, 0) is 6.42 Å². The van der Waals surface area contributed by atoms with Crippen LogP contribution in [0.5, 0.6) is 0 Å². The third-order valence-electron chi connectivity index (χ3n) is 7.25. The van der Waals surface area contributed by atoms with E-state index in [2.05, 4.69) is 52.6 Å². The molecular formula is C31H32N6O2. The number of fused-ring (bicyclic) bond motifs is 2. The standard InChI is InChI=1S/C31H32N6O2/c1-3-7-26-33-29(36-16-6-17-37(19-18-36)31(38)32-25-14-10-21(2)11-15-25)27-28(35-39-30(27)34-26)24-13-12-22-8-4-5-9-23(22)20-24/h4-5,8-15,20H,3,6-7,16-19H2,1-2H3,(H,32,38). The first-order valence-electron chi connectivity index (χ1n) is 13.6. The second-order valence-electron chi connectivity index (χ2n) is 10.1. The van der Waals surface area contributed by atoms with Gasteiger partial charge in [-0.2, -0.15) is 4.98 Å². The molecule has 1 aliphatic rings. The summed E-state index contributed by atoms with van der Waals surface area (Å²) in [7, 11) is 0. The average Bonchev–Trinajstić information content (AvgIpc) is 3.22. The lowest BCUT2D eigenvalue weighted by Gasteiger charge is -2.24. The third-order valence-corrected chi connectivity index (χ3v) is 7.25. The predicted molar refractivity (Wildman–Crippen MR) is 155 cm³/mol. The molecule has 3 aromatic carbocycles. The average molecular weight is 521 g/mol. The molecule has 0 radical (unpaired) electrons. The van der Waals surface area contributed by atoms with Crippen molar-refractivity contribution in [1.82, 2.24) is 20.0 Å². The number of nitrogens with one attached hydrogen (secondary N) is 1. The monoisotopic (exact) mass is 520 g/mol. The van der Waals surface area contributed by atoms with Crippen LogP contribution in [0.4, 0.5) is 16.3 Å². The molecular weight excluding hydrogens is 488 g/mol. The number of benzene rings is 3. The Labute approximate surface area is 227 Å². The molecule has 0 unspecified atom stereocenters. The Morgan fingerprint density at radius 1 is 0.949 bits per heavy atom. The molecule has 0 saturated carbocycles. The van der Waals surface area contributed by atoms with Crippen LogP contribution in [-0.4, -0.2) is 52.2 Å². The minimum atomic E-state index is -0.0814. The molecule has 0 atom stereocenters. The van der Waals surface area contributed by atoms with E-state index in [1.165, 1.54) is 5.39 Å². The summed E-state index contributed by atoms with van der Waals surface area (Å²) in [6.07, 6.45) is 2.52. The van der Waals surface area contributed by atoms with Crippen LogP contribution in [0.25, 0.3) is 33.1 Å². The second-order valence-corrected chi connectivity index (χ2v) is 10.1. The van der Waals surface area contributed by atoms with E-state index in [0.717, 1.165) is 70.7 Å². The van der Waals surface area contributed by atoms with Gasteiger partial charge >= 0.3 is 6.03 Å². The fraction of sp³-hybridized carbons (Fsp3) is 0.290. The van der Waals surface area contributed by atoms with Crippen molar-refractivity contribution in [3.8, 4) is 11.3 Å². The molecule has 8 heteroatoms. The third kappa shape index (κ3) is 5.14. The molecule has 6 rings (SSSR count). The normalized spacial score (nSPS) is 14.1. The predicted octanol–water partition coefficient (Wildman–Crippen LogP) is 6.44. The van der Waals surface area contributed by atoms with Gasteiger partial charge in [0.05, 0.1) is 0 Å². The Morgan fingerprint density at radius 3 is 2.59 bits per heavy atom. The van der Waals surface area contributed by atoms with Gasteiger partial charge in [0.1, 0.15) is 22.7 Å². The van der Waals surface area contributed by atoms with Crippen molar-refractivity contribution in [2.75, 3.05) is 36.4 Å². The van der Waals surface area contributed by atoms with Crippen LogP contribution < -0.4 is 10.2 Å². The lowest BCUT2D eigenvalue weighted by molar-refractivity contribution is 0.215. The Hall–Kier alpha value is -4.46. The van der Waals surface area contributed by atoms with Gasteiger partial charge in [0.25, 0.3) is 5.71 Å². The zero-order valence-corrected chi connectivity index (χ0v) is 22.4. The first-order chi connectivity index (χ1) is 19.1. The summed E-state index contributed by atoms with van der Waals surface area (Å²) >= 11 is 0. The minimum Gasteiger partial charge on any atom is -0.354 e. The summed E-state index contributed by atoms with van der Waals surface area (Å²) in [4.78, 5) is 26.9. The van der Waals surface area contributed by atoms with Crippen molar-refractivity contribution in [2.24, 2.45) is 0 Å². The SMILES string of the molecule is CCCc1nc(N2CCCN(C(=O)Nc3ccc(C)cc3)CC2)c2c(-c3ccc4ccccc4c3)noc2n1. The number of nitrogens with zero attached hydrogens (tertiary/aromatic N) is 5. The van der Waals surface area contributed by atoms with Crippen LogP contribution in [0.2, 0.25) is 0 Å². The highest BCUT2D eigenvalue weighted by Crippen LogP contribution is 2.35. The van der Waals surface area contributed by atoms with E-state index in [4.69, 9.17) is 14.5 Å². The molecule has 0 spiro atoms. The summed E-state index contributed by atoms with van der Waals surface area (Å²) in [5.41, 5.74) is 4.18. The maximum absolute atomic E-state index is 13.1. The molecule has 2 amide bonds. The molecule has 1 aliphatic heterocycles. The van der Waals surface area contributed by atoms with Gasteiger partial charge in [-0.1, -0.05) is 66.2 Å². The number of carbonyl (C=O) groups is 1. The number of carbonyl (C=O) groups excluding carboxylic acids is 1. The van der Waals surface area contributed by atoms with Gasteiger partial charge in [0.15, 0.2) is 0 Å². The van der Waals surface area contributed by atoms with E-state index >= 15 is 0 Å². The summed E-state index contributed by atoms with van der Waals surface area (Å²) in [6, 6.07) is 22.4. The van der Waals surface area contributed by atoms with E-state index < -0.39 is 0 Å². The van der Waals surface area contributed by atoms with Crippen LogP contribution in [0.3, 0.4) is 0 Å². The summed E-state index contributed by atoms with van der Waals surface area (Å²) in [5, 5.41) is 10.6. The maximum atomic E-state index is 13.1. The molecule has 2 aromatic heterocycles. The fourth-order valence-electron chi connectivity index (χ4n) is 5.15. The fourth-order valence-corrected chi connectivity index (χ4v) is 5.15. The molecule has 8 nitrogen and oxygen atoms in total. The van der Waals surface area contributed by atoms with Crippen molar-refractivity contribution in [1.29, 1.82) is 0 Å². The van der Waals surface area contributed by atoms with Crippen LogP contribution in [0.15, 0.2) is 71.3 Å². The van der Waals surface area contributed by atoms with Crippen molar-refractivity contribution in [3.05, 3.63) is 78.1 Å². The molecule has 3 heterocycles. The number of rotatable bonds is 5. The summed E-state index contributed by atoms with van der Waals surface area (Å²) in [6.45, 7) is 6.83. The van der Waals surface area contributed by atoms with Gasteiger partial charge < -0.3 is 19.6 Å². The Kier molecular flexibility index (Phi) is 6.84. The lowest BCUT2D eigenvalue weighted by Crippen LogP contribution is -2.38. The topological polar surface area (TPSA) is 87.4 Å². The molecule has 1 N–H and O–H groups in total. The number of urea groups is 1. The number of aryl methyl sites for hydroxylation is 2. The lowest BCUT2D eigenvalue weighted by atomic mass is 10.0. The molecule has 1 saturated heterocycles. The Bertz CT molecular complexity index is 1630. The molecule has 1 fully saturated rings. The number of hydrogen-bond donors (Lipinski definition) is 1. The quantitative estimate of drug-likeness (QED) is 0.287. The Morgan fingerprint density at radius 2 is 1.77 bits per heavy atom. The van der Waals surface area contributed by atoms with Gasteiger partial charge in [-0.3, -0.25) is 0 Å². The number of hydrogen-bond acceptors (Lipinski definition) is 6. The molecule has 0 aliphatic carbocycles. The van der Waals surface area contributed by atoms with E-state index in [9.17, 15) is 4.79 Å². The van der Waals surface area contributed by atoms with E-state index in [0.29, 0.717) is 25.3 Å². The number of aromatic nitrogens is 3. The Balaban J connectivity index is 1.31. The highest BCUT2D eigenvalue weighted by Gasteiger charge is 2.26. The molecule has 5 aromatic rings. The van der Waals surface area contributed by atoms with Gasteiger partial charge in [0.2, 0.25) is 0 Å². The number of anilines is 2. The van der Waals surface area contributed by atoms with E-state index in [1.807, 2.05) is 48.2 Å². The molecule has 39 heavy (non-hydrogen) atoms. The first kappa shape index (κ1) is 24.9. The zero-order valence-electron chi connectivity index (χ0n) is 22.4. The molecule has 0 bridgehead atoms. The van der Waals surface area contributed by atoms with Crippen molar-refractivity contribution >= 4 is 39.4 Å². The first-order valence-corrected chi connectivity index (χ1v) is 13.6. The van der Waals surface area contributed by atoms with Gasteiger partial charge in [0, 0.05) is 43.9 Å². The van der Waals surface area contributed by atoms with Crippen LogP contribution >= 0.6 is 0 Å².